The van der Waals surface area contributed by atoms with Gasteiger partial charge in [-0.15, -0.1) is 0 Å². The molecule has 0 aliphatic heterocycles. The topological polar surface area (TPSA) is 399 Å². The van der Waals surface area contributed by atoms with Crippen LogP contribution in [-0.2, 0) is 0 Å². The molecule has 0 spiro atoms. The lowest BCUT2D eigenvalue weighted by Crippen LogP contribution is -2.16. The fourth-order valence-electron chi connectivity index (χ4n) is 4.50. The van der Waals surface area contributed by atoms with Crippen molar-refractivity contribution >= 4 is 91.5 Å². The number of aliphatic hydroxyl groups excluding tert-OH is 1. The average molecular weight is 1090 g/mol. The maximum atomic E-state index is 11.7. The van der Waals surface area contributed by atoms with Gasteiger partial charge in [-0.3, -0.25) is 40.2 Å². The molecule has 0 aliphatic carbocycles. The standard InChI is InChI=1S/C10H7N5O.C9H7N5O2.C9H9N5.C5H3ClN2O2.C4H5N3.C2H3N.CH3I.CH4O/c16-10-14-7-6-11-5-2-8(7)15(10)9-12-3-1-4-13-9;15-14(16)8-6-10-5-2-7(8)13-9-11-3-1-4-12-9;10-7-6-11-5-2-8(7)14-9-12-3-1-4-13-9;6-4-1-2-7-3-5(4)8(9)10;5-4-6-2-1-3-7-4;1-2-3;2*1-2/h1-6H,(H,14,16);1-6H,(H,10,11,12,13);1-6H,10H2,(H,11,12,13,14);1-3H;1-3H,(H2,5,6,7);1H3;1H3;2H,1H3/i;;;;;;1D;. The van der Waals surface area contributed by atoms with Crippen LogP contribution in [0.2, 0.25) is 5.02 Å². The maximum absolute atomic E-state index is 11.7. The summed E-state index contributed by atoms with van der Waals surface area (Å²) in [5, 5.41) is 41.0. The Hall–Kier alpha value is -9.34. The number of aromatic nitrogens is 14. The highest BCUT2D eigenvalue weighted by molar-refractivity contribution is 14.1. The predicted molar refractivity (Wildman–Crippen MR) is 269 cm³/mol. The fraction of sp³-hybridized carbons (Fsp3) is 0.0732. The van der Waals surface area contributed by atoms with Gasteiger partial charge < -0.3 is 32.2 Å². The largest absolute Gasteiger partial charge is 0.400 e. The second kappa shape index (κ2) is 33.2. The lowest BCUT2D eigenvalue weighted by Gasteiger charge is -2.05. The molecule has 0 fully saturated rings. The monoisotopic (exact) mass is 1090 g/mol. The number of fused-ring (bicyclic) bond motifs is 1. The number of aliphatic hydroxyl groups is 1. The molecule has 8 N–H and O–H groups in total. The highest BCUT2D eigenvalue weighted by Gasteiger charge is 2.14. The Morgan fingerprint density at radius 2 is 1.11 bits per heavy atom. The SMILES string of the molecule is CC#N.CO.Nc1cnccc1Nc1ncccn1.Nc1ncccn1.O=[N+]([O-])c1cnccc1Cl.O=[N+]([O-])c1cnccc1Nc1ncccn1.O=c1[nH]c2cnccc2n1-c1ncccn1.[2H]CI. The Morgan fingerprint density at radius 1 is 0.700 bits per heavy atom. The summed E-state index contributed by atoms with van der Waals surface area (Å²) < 4.78 is 7.61. The molecule has 0 unspecified atom stereocenters. The van der Waals surface area contributed by atoms with Gasteiger partial charge in [-0.2, -0.15) is 5.26 Å². The number of halogens is 2. The minimum absolute atomic E-state index is 0.111. The Morgan fingerprint density at radius 3 is 1.57 bits per heavy atom. The van der Waals surface area contributed by atoms with Crippen molar-refractivity contribution in [3.63, 3.8) is 0 Å². The van der Waals surface area contributed by atoms with Gasteiger partial charge >= 0.3 is 17.1 Å². The molecule has 0 radical (unpaired) electrons. The molecule has 0 aromatic carbocycles. The second-order valence-corrected chi connectivity index (χ2v) is 12.0. The summed E-state index contributed by atoms with van der Waals surface area (Å²) in [6, 6.07) is 15.0. The van der Waals surface area contributed by atoms with Crippen molar-refractivity contribution in [2.75, 3.05) is 34.1 Å². The van der Waals surface area contributed by atoms with Crippen LogP contribution < -0.4 is 27.8 Å². The predicted octanol–water partition coefficient (Wildman–Crippen LogP) is 6.12. The number of anilines is 6. The first-order valence-corrected chi connectivity index (χ1v) is 20.9. The molecule has 360 valence electrons. The van der Waals surface area contributed by atoms with E-state index in [1.54, 1.807) is 117 Å². The number of aromatic amines is 1. The fourth-order valence-corrected chi connectivity index (χ4v) is 4.68. The zero-order valence-electron chi connectivity index (χ0n) is 37.6. The minimum atomic E-state index is -0.574. The Bertz CT molecular complexity index is 3020. The Kier molecular flexibility index (Phi) is 26.1. The van der Waals surface area contributed by atoms with Crippen LogP contribution in [0.4, 0.5) is 46.3 Å². The number of nitriles is 1. The van der Waals surface area contributed by atoms with Crippen molar-refractivity contribution in [3.8, 4) is 12.0 Å². The van der Waals surface area contributed by atoms with Gasteiger partial charge in [0.2, 0.25) is 23.8 Å². The van der Waals surface area contributed by atoms with Gasteiger partial charge in [0.05, 0.1) is 50.7 Å². The van der Waals surface area contributed by atoms with Crippen molar-refractivity contribution < 1.29 is 16.3 Å². The number of nitrogens with one attached hydrogen (secondary N) is 3. The first-order chi connectivity index (χ1) is 34.4. The summed E-state index contributed by atoms with van der Waals surface area (Å²) in [5.74, 6) is 1.50. The van der Waals surface area contributed by atoms with Crippen LogP contribution in [0.1, 0.15) is 8.29 Å². The zero-order valence-corrected chi connectivity index (χ0v) is 39.5. The maximum Gasteiger partial charge on any atom is 0.333 e. The number of H-pyrrole nitrogens is 1. The van der Waals surface area contributed by atoms with Crippen LogP contribution in [-0.4, -0.2) is 96.3 Å². The lowest BCUT2D eigenvalue weighted by atomic mass is 10.3. The first kappa shape index (κ1) is 55.0. The Labute approximate surface area is 417 Å². The molecule has 0 bridgehead atoms. The van der Waals surface area contributed by atoms with Crippen molar-refractivity contribution in [3.05, 3.63) is 183 Å². The summed E-state index contributed by atoms with van der Waals surface area (Å²) in [6.45, 7) is 1.43. The van der Waals surface area contributed by atoms with Gasteiger partial charge in [0.15, 0.2) is 0 Å². The molecule has 9 rings (SSSR count). The molecule has 9 aromatic rings. The average Bonchev–Trinajstić information content (AvgIpc) is 3.73. The molecular weight excluding hydrogens is 1040 g/mol. The van der Waals surface area contributed by atoms with E-state index in [4.69, 9.17) is 34.8 Å². The number of rotatable bonds is 7. The number of hydrogen-bond donors (Lipinski definition) is 6. The molecule has 27 nitrogen and oxygen atoms in total. The van der Waals surface area contributed by atoms with E-state index in [-0.39, 0.29) is 22.1 Å². The van der Waals surface area contributed by atoms with Gasteiger partial charge in [-0.25, -0.2) is 49.2 Å². The molecule has 0 saturated carbocycles. The number of nitrogens with two attached hydrogens (primary N) is 2. The van der Waals surface area contributed by atoms with E-state index in [0.717, 1.165) is 19.0 Å². The highest BCUT2D eigenvalue weighted by Crippen LogP contribution is 2.24. The summed E-state index contributed by atoms with van der Waals surface area (Å²) in [4.78, 5) is 80.9. The van der Waals surface area contributed by atoms with Gasteiger partial charge in [0.25, 0.3) is 0 Å². The van der Waals surface area contributed by atoms with Gasteiger partial charge in [0.1, 0.15) is 23.1 Å². The van der Waals surface area contributed by atoms with E-state index in [1.165, 1.54) is 42.2 Å². The summed E-state index contributed by atoms with van der Waals surface area (Å²) in [7, 11) is 1.00. The third-order valence-electron chi connectivity index (χ3n) is 7.24. The zero-order chi connectivity index (χ0) is 52.2. The van der Waals surface area contributed by atoms with Gasteiger partial charge in [0, 0.05) is 89.8 Å². The molecule has 9 heterocycles. The number of nitrogens with zero attached hydrogens (tertiary/aromatic N) is 16. The van der Waals surface area contributed by atoms with E-state index in [9.17, 15) is 25.0 Å². The molecule has 29 heteroatoms. The number of pyridine rings is 4. The van der Waals surface area contributed by atoms with E-state index >= 15 is 0 Å². The third-order valence-corrected chi connectivity index (χ3v) is 7.56. The van der Waals surface area contributed by atoms with Crippen LogP contribution in [0.25, 0.3) is 17.0 Å². The third kappa shape index (κ3) is 20.0. The van der Waals surface area contributed by atoms with Crippen LogP contribution in [0.3, 0.4) is 0 Å². The molecule has 9 aromatic heterocycles. The van der Waals surface area contributed by atoms with Crippen molar-refractivity contribution in [2.45, 2.75) is 6.92 Å². The molecule has 0 amide bonds. The van der Waals surface area contributed by atoms with E-state index in [0.29, 0.717) is 51.1 Å². The lowest BCUT2D eigenvalue weighted by molar-refractivity contribution is -0.385. The number of hydrogen-bond acceptors (Lipinski definition) is 23. The number of nitro groups is 2. The molecule has 0 saturated heterocycles. The van der Waals surface area contributed by atoms with Gasteiger partial charge in [-0.1, -0.05) is 34.2 Å². The summed E-state index contributed by atoms with van der Waals surface area (Å²) in [6.07, 6.45) is 24.4. The van der Waals surface area contributed by atoms with Crippen LogP contribution >= 0.6 is 34.2 Å². The molecule has 70 heavy (non-hydrogen) atoms. The minimum Gasteiger partial charge on any atom is -0.400 e. The molecule has 0 aliphatic rings. The van der Waals surface area contributed by atoms with E-state index in [1.807, 2.05) is 22.6 Å². The highest BCUT2D eigenvalue weighted by atomic mass is 127. The number of nitrogen functional groups attached to an aromatic ring is 2. The van der Waals surface area contributed by atoms with Crippen LogP contribution in [0.15, 0.2) is 152 Å². The van der Waals surface area contributed by atoms with Gasteiger partial charge in [-0.05, 0) is 53.4 Å². The summed E-state index contributed by atoms with van der Waals surface area (Å²) in [5.41, 5.74) is 13.3. The molecule has 0 atom stereocenters. The van der Waals surface area contributed by atoms with Crippen LogP contribution in [0, 0.1) is 31.6 Å². The van der Waals surface area contributed by atoms with Crippen molar-refractivity contribution in [2.24, 2.45) is 0 Å². The number of imidazole rings is 1. The quantitative estimate of drug-likeness (QED) is 0.0453. The second-order valence-electron chi connectivity index (χ2n) is 11.6. The Balaban J connectivity index is 0.000000299. The van der Waals surface area contributed by atoms with E-state index in [2.05, 4.69) is 75.4 Å². The van der Waals surface area contributed by atoms with Crippen molar-refractivity contribution in [1.29, 1.82) is 5.26 Å². The van der Waals surface area contributed by atoms with E-state index < -0.39 is 9.85 Å². The normalized spacial score (nSPS) is 9.29. The number of alkyl halides is 1. The first-order valence-electron chi connectivity index (χ1n) is 19.7. The molecular formula is C41H41ClIN21O6. The summed E-state index contributed by atoms with van der Waals surface area (Å²) >= 11 is 7.39. The smallest absolute Gasteiger partial charge is 0.333 e. The van der Waals surface area contributed by atoms with Crippen molar-refractivity contribution in [1.82, 2.24) is 69.4 Å². The van der Waals surface area contributed by atoms with Crippen LogP contribution in [0.5, 0.6) is 0 Å².